The Hall–Kier alpha value is 0.230. The lowest BCUT2D eigenvalue weighted by atomic mass is 10.8. The van der Waals surface area contributed by atoms with Gasteiger partial charge in [0.1, 0.15) is 0 Å². The molecule has 0 radical (unpaired) electrons. The fraction of sp³-hybridized carbons (Fsp3) is 1.00. The molecule has 0 aromatic carbocycles. The van der Waals surface area contributed by atoms with Crippen molar-refractivity contribution in [3.63, 3.8) is 0 Å². The van der Waals surface area contributed by atoms with Gasteiger partial charge >= 0.3 is 11.6 Å². The van der Waals surface area contributed by atoms with Crippen molar-refractivity contribution < 1.29 is 8.37 Å². The van der Waals surface area contributed by atoms with Crippen LogP contribution in [0.5, 0.6) is 0 Å². The highest BCUT2D eigenvalue weighted by Gasteiger charge is 2.16. The second-order valence-electron chi connectivity index (χ2n) is 1.07. The molecule has 0 saturated carbocycles. The van der Waals surface area contributed by atoms with E-state index in [-0.39, 0.29) is 0 Å². The normalized spacial score (nSPS) is 10.5. The third kappa shape index (κ3) is 3.26. The zero-order valence-electron chi connectivity index (χ0n) is 5.43. The van der Waals surface area contributed by atoms with E-state index in [1.807, 2.05) is 6.92 Å². The molecular formula is C4H12NO2S+. The first-order valence-corrected chi connectivity index (χ1v) is 3.49. The number of hydrogen-bond acceptors (Lipinski definition) is 3. The van der Waals surface area contributed by atoms with E-state index in [4.69, 9.17) is 8.37 Å². The lowest BCUT2D eigenvalue weighted by Crippen LogP contribution is -2.25. The number of hydrogen-bond donors (Lipinski definition) is 1. The minimum atomic E-state index is -0.488. The highest BCUT2D eigenvalue weighted by atomic mass is 32.2. The van der Waals surface area contributed by atoms with E-state index in [1.54, 1.807) is 14.2 Å². The van der Waals surface area contributed by atoms with Crippen molar-refractivity contribution in [3.05, 3.63) is 0 Å². The van der Waals surface area contributed by atoms with Crippen molar-refractivity contribution in [2.75, 3.05) is 20.8 Å². The van der Waals surface area contributed by atoms with E-state index in [2.05, 4.69) is 4.72 Å². The average molecular weight is 138 g/mol. The smallest absolute Gasteiger partial charge is 0.125 e. The molecule has 0 amide bonds. The van der Waals surface area contributed by atoms with Gasteiger partial charge < -0.3 is 0 Å². The zero-order chi connectivity index (χ0) is 6.41. The predicted octanol–water partition coefficient (Wildman–Crippen LogP) is 0.252. The Balaban J connectivity index is 3.07. The van der Waals surface area contributed by atoms with E-state index in [1.165, 1.54) is 0 Å². The summed E-state index contributed by atoms with van der Waals surface area (Å²) in [5, 5.41) is 0. The molecule has 0 rings (SSSR count). The molecule has 0 fully saturated rings. The van der Waals surface area contributed by atoms with E-state index in [0.717, 1.165) is 6.54 Å². The molecule has 0 aromatic heterocycles. The van der Waals surface area contributed by atoms with E-state index >= 15 is 0 Å². The quantitative estimate of drug-likeness (QED) is 0.565. The van der Waals surface area contributed by atoms with Gasteiger partial charge in [0.2, 0.25) is 0 Å². The topological polar surface area (TPSA) is 30.5 Å². The molecule has 8 heavy (non-hydrogen) atoms. The lowest BCUT2D eigenvalue weighted by Gasteiger charge is -1.94. The lowest BCUT2D eigenvalue weighted by molar-refractivity contribution is 0.350. The van der Waals surface area contributed by atoms with Crippen LogP contribution in [0.4, 0.5) is 0 Å². The van der Waals surface area contributed by atoms with Crippen LogP contribution < -0.4 is 4.72 Å². The van der Waals surface area contributed by atoms with Crippen molar-refractivity contribution in [1.29, 1.82) is 0 Å². The van der Waals surface area contributed by atoms with Gasteiger partial charge in [-0.25, -0.2) is 0 Å². The Kier molecular flexibility index (Phi) is 5.52. The first-order chi connectivity index (χ1) is 3.85. The molecule has 4 heteroatoms. The minimum Gasteiger partial charge on any atom is -0.125 e. The summed E-state index contributed by atoms with van der Waals surface area (Å²) in [5.41, 5.74) is 0. The van der Waals surface area contributed by atoms with Crippen molar-refractivity contribution in [3.8, 4) is 0 Å². The predicted molar refractivity (Wildman–Crippen MR) is 35.1 cm³/mol. The maximum Gasteiger partial charge on any atom is 0.420 e. The highest BCUT2D eigenvalue weighted by molar-refractivity contribution is 7.85. The van der Waals surface area contributed by atoms with Gasteiger partial charge in [-0.15, -0.1) is 8.37 Å². The van der Waals surface area contributed by atoms with Crippen molar-refractivity contribution in [2.45, 2.75) is 6.92 Å². The molecule has 0 saturated heterocycles. The summed E-state index contributed by atoms with van der Waals surface area (Å²) >= 11 is -0.488. The fourth-order valence-electron chi connectivity index (χ4n) is 0.304. The third-order valence-electron chi connectivity index (χ3n) is 0.565. The monoisotopic (exact) mass is 138 g/mol. The van der Waals surface area contributed by atoms with Gasteiger partial charge in [-0.1, -0.05) is 4.72 Å². The minimum absolute atomic E-state index is 0.488. The molecule has 3 nitrogen and oxygen atoms in total. The molecule has 0 spiro atoms. The Labute approximate surface area is 53.3 Å². The molecule has 50 valence electrons. The van der Waals surface area contributed by atoms with Crippen LogP contribution >= 0.6 is 0 Å². The molecule has 0 aromatic rings. The summed E-state index contributed by atoms with van der Waals surface area (Å²) in [6.07, 6.45) is 0. The van der Waals surface area contributed by atoms with Gasteiger partial charge in [0, 0.05) is 6.54 Å². The largest absolute Gasteiger partial charge is 0.420 e. The van der Waals surface area contributed by atoms with Gasteiger partial charge in [0.05, 0.1) is 14.2 Å². The van der Waals surface area contributed by atoms with Crippen LogP contribution in [0.25, 0.3) is 0 Å². The van der Waals surface area contributed by atoms with Gasteiger partial charge in [-0.3, -0.25) is 0 Å². The number of rotatable bonds is 4. The maximum atomic E-state index is 4.83. The SMILES string of the molecule is CCN[S+](OC)OC. The summed E-state index contributed by atoms with van der Waals surface area (Å²) in [4.78, 5) is 0. The van der Waals surface area contributed by atoms with Crippen LogP contribution in [0.15, 0.2) is 0 Å². The van der Waals surface area contributed by atoms with E-state index in [9.17, 15) is 0 Å². The Morgan fingerprint density at radius 2 is 1.88 bits per heavy atom. The maximum absolute atomic E-state index is 4.83. The molecular weight excluding hydrogens is 126 g/mol. The summed E-state index contributed by atoms with van der Waals surface area (Å²) < 4.78 is 12.6. The second-order valence-corrected chi connectivity index (χ2v) is 2.49. The average Bonchev–Trinajstić information content (AvgIpc) is 1.83. The molecule has 0 bridgehead atoms. The van der Waals surface area contributed by atoms with Gasteiger partial charge in [0.25, 0.3) is 0 Å². The van der Waals surface area contributed by atoms with Crippen LogP contribution in [-0.4, -0.2) is 20.8 Å². The first-order valence-electron chi connectivity index (χ1n) is 2.41. The van der Waals surface area contributed by atoms with Gasteiger partial charge in [0.15, 0.2) is 0 Å². The standard InChI is InChI=1S/C4H12NO2S/c1-4-5-8(6-2)7-3/h5H,4H2,1-3H3/q+1. The van der Waals surface area contributed by atoms with Gasteiger partial charge in [-0.2, -0.15) is 0 Å². The van der Waals surface area contributed by atoms with E-state index in [0.29, 0.717) is 0 Å². The van der Waals surface area contributed by atoms with E-state index < -0.39 is 11.6 Å². The molecule has 0 atom stereocenters. The third-order valence-corrected chi connectivity index (χ3v) is 1.69. The summed E-state index contributed by atoms with van der Waals surface area (Å²) in [6.45, 7) is 2.86. The first kappa shape index (κ1) is 8.23. The molecule has 0 aliphatic carbocycles. The molecule has 0 heterocycles. The van der Waals surface area contributed by atoms with Crippen molar-refractivity contribution in [1.82, 2.24) is 4.72 Å². The number of nitrogens with one attached hydrogen (secondary N) is 1. The highest BCUT2D eigenvalue weighted by Crippen LogP contribution is 1.88. The Morgan fingerprint density at radius 3 is 2.00 bits per heavy atom. The van der Waals surface area contributed by atoms with Crippen molar-refractivity contribution in [2.24, 2.45) is 0 Å². The van der Waals surface area contributed by atoms with Crippen LogP contribution in [0, 0.1) is 0 Å². The summed E-state index contributed by atoms with van der Waals surface area (Å²) in [7, 11) is 3.21. The van der Waals surface area contributed by atoms with Crippen LogP contribution in [-0.2, 0) is 20.0 Å². The summed E-state index contributed by atoms with van der Waals surface area (Å²) in [6, 6.07) is 0. The summed E-state index contributed by atoms with van der Waals surface area (Å²) in [5.74, 6) is 0. The van der Waals surface area contributed by atoms with Crippen LogP contribution in [0.3, 0.4) is 0 Å². The Morgan fingerprint density at radius 1 is 1.38 bits per heavy atom. The fourth-order valence-corrected chi connectivity index (χ4v) is 0.911. The molecule has 0 unspecified atom stereocenters. The zero-order valence-corrected chi connectivity index (χ0v) is 6.25. The second kappa shape index (κ2) is 5.37. The van der Waals surface area contributed by atoms with Crippen molar-refractivity contribution >= 4 is 11.6 Å². The molecule has 0 aliphatic heterocycles. The Bertz CT molecular complexity index is 49.3. The van der Waals surface area contributed by atoms with Crippen LogP contribution in [0.1, 0.15) is 6.92 Å². The molecule has 0 aliphatic rings. The van der Waals surface area contributed by atoms with Crippen LogP contribution in [0.2, 0.25) is 0 Å². The van der Waals surface area contributed by atoms with Gasteiger partial charge in [-0.05, 0) is 6.92 Å². The molecule has 1 N–H and O–H groups in total.